The lowest BCUT2D eigenvalue weighted by molar-refractivity contribution is 0.579. The fourth-order valence-electron chi connectivity index (χ4n) is 0.724. The van der Waals surface area contributed by atoms with Crippen LogP contribution < -0.4 is 5.73 Å². The lowest BCUT2D eigenvalue weighted by atomic mass is 9.98. The normalized spacial score (nSPS) is 14.8. The maximum absolute atomic E-state index is 5.65. The molecule has 12 heavy (non-hydrogen) atoms. The molecular formula is C8H15N3S. The molecule has 3 nitrogen and oxygen atoms in total. The third kappa shape index (κ3) is 2.01. The van der Waals surface area contributed by atoms with E-state index in [9.17, 15) is 0 Å². The third-order valence-corrected chi connectivity index (χ3v) is 2.65. The molecule has 1 aromatic heterocycles. The van der Waals surface area contributed by atoms with E-state index in [0.29, 0.717) is 0 Å². The minimum absolute atomic E-state index is 0.0580. The minimum Gasteiger partial charge on any atom is -0.322 e. The van der Waals surface area contributed by atoms with Crippen LogP contribution in [0.2, 0.25) is 0 Å². The molecule has 0 aliphatic carbocycles. The van der Waals surface area contributed by atoms with E-state index in [0.717, 1.165) is 10.8 Å². The van der Waals surface area contributed by atoms with Crippen molar-refractivity contribution < 1.29 is 0 Å². The van der Waals surface area contributed by atoms with Crippen LogP contribution in [-0.4, -0.2) is 9.36 Å². The van der Waals surface area contributed by atoms with E-state index in [2.05, 4.69) is 30.1 Å². The van der Waals surface area contributed by atoms with Gasteiger partial charge in [-0.2, -0.15) is 4.37 Å². The molecule has 1 rings (SSSR count). The molecule has 1 aromatic rings. The van der Waals surface area contributed by atoms with Crippen molar-refractivity contribution in [1.82, 2.24) is 9.36 Å². The van der Waals surface area contributed by atoms with Gasteiger partial charge in [-0.25, -0.2) is 4.98 Å². The summed E-state index contributed by atoms with van der Waals surface area (Å²) in [6.07, 6.45) is 0. The Bertz CT molecular complexity index is 260. The van der Waals surface area contributed by atoms with Gasteiger partial charge in [0.1, 0.15) is 5.01 Å². The molecule has 2 N–H and O–H groups in total. The molecule has 0 fully saturated rings. The number of nitrogens with zero attached hydrogens (tertiary/aromatic N) is 2. The Balaban J connectivity index is 2.92. The number of hydrogen-bond acceptors (Lipinski definition) is 4. The number of aromatic nitrogens is 2. The van der Waals surface area contributed by atoms with Crippen LogP contribution in [0.25, 0.3) is 0 Å². The second-order valence-corrected chi connectivity index (χ2v) is 4.75. The fourth-order valence-corrected chi connectivity index (χ4v) is 1.52. The van der Waals surface area contributed by atoms with E-state index < -0.39 is 0 Å². The van der Waals surface area contributed by atoms with E-state index >= 15 is 0 Å². The van der Waals surface area contributed by atoms with Gasteiger partial charge in [0.15, 0.2) is 5.82 Å². The molecule has 1 atom stereocenters. The second kappa shape index (κ2) is 3.11. The quantitative estimate of drug-likeness (QED) is 0.726. The molecule has 1 heterocycles. The zero-order chi connectivity index (χ0) is 9.35. The van der Waals surface area contributed by atoms with Gasteiger partial charge in [0.05, 0.1) is 6.04 Å². The summed E-state index contributed by atoms with van der Waals surface area (Å²) in [5.41, 5.74) is 5.74. The van der Waals surface area contributed by atoms with Crippen LogP contribution in [0.5, 0.6) is 0 Å². The SMILES string of the molecule is CC(N)c1nsc(C(C)(C)C)n1. The van der Waals surface area contributed by atoms with Gasteiger partial charge in [0.2, 0.25) is 0 Å². The van der Waals surface area contributed by atoms with Crippen molar-refractivity contribution in [3.8, 4) is 0 Å². The van der Waals surface area contributed by atoms with Gasteiger partial charge < -0.3 is 5.73 Å². The van der Waals surface area contributed by atoms with Crippen LogP contribution in [0, 0.1) is 0 Å². The van der Waals surface area contributed by atoms with Crippen molar-refractivity contribution in [1.29, 1.82) is 0 Å². The Hall–Kier alpha value is -0.480. The summed E-state index contributed by atoms with van der Waals surface area (Å²) in [4.78, 5) is 4.36. The van der Waals surface area contributed by atoms with Gasteiger partial charge in [-0.3, -0.25) is 0 Å². The van der Waals surface area contributed by atoms with Crippen LogP contribution in [0.3, 0.4) is 0 Å². The summed E-state index contributed by atoms with van der Waals surface area (Å²) < 4.78 is 4.19. The van der Waals surface area contributed by atoms with Crippen LogP contribution in [0.4, 0.5) is 0 Å². The van der Waals surface area contributed by atoms with Gasteiger partial charge in [0, 0.05) is 5.41 Å². The highest BCUT2D eigenvalue weighted by molar-refractivity contribution is 7.05. The molecular weight excluding hydrogens is 170 g/mol. The lowest BCUT2D eigenvalue weighted by Gasteiger charge is -2.12. The summed E-state index contributed by atoms with van der Waals surface area (Å²) in [7, 11) is 0. The molecule has 0 spiro atoms. The third-order valence-electron chi connectivity index (χ3n) is 1.49. The van der Waals surface area contributed by atoms with E-state index in [1.807, 2.05) is 6.92 Å². The largest absolute Gasteiger partial charge is 0.322 e. The van der Waals surface area contributed by atoms with Gasteiger partial charge in [-0.05, 0) is 18.5 Å². The minimum atomic E-state index is -0.0580. The van der Waals surface area contributed by atoms with E-state index in [1.165, 1.54) is 11.5 Å². The van der Waals surface area contributed by atoms with Crippen molar-refractivity contribution >= 4 is 11.5 Å². The molecule has 0 aromatic carbocycles. The smallest absolute Gasteiger partial charge is 0.158 e. The number of nitrogens with two attached hydrogens (primary N) is 1. The molecule has 1 unspecified atom stereocenters. The Morgan fingerprint density at radius 1 is 1.42 bits per heavy atom. The van der Waals surface area contributed by atoms with Gasteiger partial charge in [-0.15, -0.1) is 0 Å². The highest BCUT2D eigenvalue weighted by atomic mass is 32.1. The van der Waals surface area contributed by atoms with Crippen molar-refractivity contribution in [3.63, 3.8) is 0 Å². The van der Waals surface area contributed by atoms with Crippen molar-refractivity contribution in [3.05, 3.63) is 10.8 Å². The zero-order valence-corrected chi connectivity index (χ0v) is 8.77. The van der Waals surface area contributed by atoms with Crippen molar-refractivity contribution in [2.45, 2.75) is 39.2 Å². The number of rotatable bonds is 1. The van der Waals surface area contributed by atoms with Gasteiger partial charge in [0.25, 0.3) is 0 Å². The standard InChI is InChI=1S/C8H15N3S/c1-5(9)6-10-7(12-11-6)8(2,3)4/h5H,9H2,1-4H3. The van der Waals surface area contributed by atoms with E-state index in [4.69, 9.17) is 5.73 Å². The van der Waals surface area contributed by atoms with Crippen LogP contribution in [0.1, 0.15) is 44.6 Å². The Kier molecular flexibility index (Phi) is 2.49. The van der Waals surface area contributed by atoms with Crippen LogP contribution >= 0.6 is 11.5 Å². The maximum atomic E-state index is 5.65. The summed E-state index contributed by atoms with van der Waals surface area (Å²) >= 11 is 1.44. The summed E-state index contributed by atoms with van der Waals surface area (Å²) in [6, 6.07) is -0.0580. The molecule has 0 bridgehead atoms. The van der Waals surface area contributed by atoms with Gasteiger partial charge >= 0.3 is 0 Å². The van der Waals surface area contributed by atoms with E-state index in [-0.39, 0.29) is 11.5 Å². The molecule has 0 radical (unpaired) electrons. The first-order chi connectivity index (χ1) is 5.41. The molecule has 68 valence electrons. The van der Waals surface area contributed by atoms with Crippen molar-refractivity contribution in [2.75, 3.05) is 0 Å². The Morgan fingerprint density at radius 2 is 2.00 bits per heavy atom. The maximum Gasteiger partial charge on any atom is 0.158 e. The lowest BCUT2D eigenvalue weighted by Crippen LogP contribution is -2.12. The Labute approximate surface area is 77.2 Å². The summed E-state index contributed by atoms with van der Waals surface area (Å²) in [6.45, 7) is 8.27. The highest BCUT2D eigenvalue weighted by Crippen LogP contribution is 2.24. The first-order valence-corrected chi connectivity index (χ1v) is 4.78. The van der Waals surface area contributed by atoms with Gasteiger partial charge in [-0.1, -0.05) is 20.8 Å². The monoisotopic (exact) mass is 185 g/mol. The van der Waals surface area contributed by atoms with Crippen molar-refractivity contribution in [2.24, 2.45) is 5.73 Å². The molecule has 0 amide bonds. The number of hydrogen-bond donors (Lipinski definition) is 1. The predicted molar refractivity (Wildman–Crippen MR) is 51.2 cm³/mol. The van der Waals surface area contributed by atoms with E-state index in [1.54, 1.807) is 0 Å². The average molecular weight is 185 g/mol. The predicted octanol–water partition coefficient (Wildman–Crippen LogP) is 1.86. The molecule has 0 aliphatic heterocycles. The second-order valence-electron chi connectivity index (χ2n) is 4.00. The Morgan fingerprint density at radius 3 is 2.25 bits per heavy atom. The summed E-state index contributed by atoms with van der Waals surface area (Å²) in [5.74, 6) is 0.755. The molecule has 0 saturated heterocycles. The highest BCUT2D eigenvalue weighted by Gasteiger charge is 2.19. The average Bonchev–Trinajstić information content (AvgIpc) is 2.30. The molecule has 4 heteroatoms. The van der Waals surface area contributed by atoms with Crippen LogP contribution in [0.15, 0.2) is 0 Å². The fraction of sp³-hybridized carbons (Fsp3) is 0.750. The first-order valence-electron chi connectivity index (χ1n) is 4.01. The van der Waals surface area contributed by atoms with Crippen LogP contribution in [-0.2, 0) is 5.41 Å². The topological polar surface area (TPSA) is 51.8 Å². The molecule has 0 aliphatic rings. The molecule has 0 saturated carbocycles. The zero-order valence-electron chi connectivity index (χ0n) is 7.96. The summed E-state index contributed by atoms with van der Waals surface area (Å²) in [5, 5.41) is 1.05. The first kappa shape index (κ1) is 9.61.